The van der Waals surface area contributed by atoms with Crippen molar-refractivity contribution in [3.8, 4) is 22.2 Å². The Balaban J connectivity index is 0.742. The average Bonchev–Trinajstić information content (AvgIpc) is 3.89. The van der Waals surface area contributed by atoms with Gasteiger partial charge in [-0.25, -0.2) is 0 Å². The molecule has 4 aromatic carbocycles. The van der Waals surface area contributed by atoms with Gasteiger partial charge in [-0.2, -0.15) is 0 Å². The number of phenols is 1. The second kappa shape index (κ2) is 18.4. The first-order chi connectivity index (χ1) is 30.1. The molecule has 6 aromatic rings. The molecule has 2 aromatic heterocycles. The number of benzene rings is 4. The van der Waals surface area contributed by atoms with Gasteiger partial charge in [-0.1, -0.05) is 47.5 Å². The Kier molecular flexibility index (Phi) is 12.6. The van der Waals surface area contributed by atoms with Gasteiger partial charge in [0.1, 0.15) is 46.8 Å². The van der Waals surface area contributed by atoms with Crippen molar-refractivity contribution >= 4 is 51.4 Å². The number of phenolic OH excluding ortho intramolecular Hbond substituents is 1. The zero-order chi connectivity index (χ0) is 42.9. The second-order valence-corrected chi connectivity index (χ2v) is 18.5. The van der Waals surface area contributed by atoms with Crippen LogP contribution in [-0.4, -0.2) is 76.0 Å². The normalized spacial score (nSPS) is 17.5. The van der Waals surface area contributed by atoms with E-state index in [1.54, 1.807) is 17.4 Å². The fraction of sp³-hybridized carbons (Fsp3) is 0.340. The highest BCUT2D eigenvalue weighted by Crippen LogP contribution is 2.44. The molecule has 9 rings (SSSR count). The third-order valence-corrected chi connectivity index (χ3v) is 13.9. The lowest BCUT2D eigenvalue weighted by Crippen LogP contribution is -2.26. The van der Waals surface area contributed by atoms with Gasteiger partial charge in [0.15, 0.2) is 5.82 Å². The van der Waals surface area contributed by atoms with E-state index in [0.29, 0.717) is 29.9 Å². The highest BCUT2D eigenvalue weighted by atomic mass is 35.5. The van der Waals surface area contributed by atoms with Crippen LogP contribution in [0.3, 0.4) is 0 Å². The molecule has 9 nitrogen and oxygen atoms in total. The molecule has 2 atom stereocenters. The molecule has 1 saturated heterocycles. The highest BCUT2D eigenvalue weighted by Gasteiger charge is 2.30. The minimum Gasteiger partial charge on any atom is -0.508 e. The van der Waals surface area contributed by atoms with Gasteiger partial charge in [0, 0.05) is 52.3 Å². The van der Waals surface area contributed by atoms with Gasteiger partial charge in [-0.15, -0.1) is 21.5 Å². The molecule has 1 N–H and O–H groups in total. The van der Waals surface area contributed by atoms with E-state index in [1.165, 1.54) is 16.0 Å². The fourth-order valence-electron chi connectivity index (χ4n) is 9.00. The SMILES string of the molecule is Cc1sc2c(c1C)C(c1ccc(OCCOCCCN3CC[C@H](Oc4ccc(C5=C(c6ccc(Cl)cc6Cl)CCCc6cc(O)ccc65)cc4)C3)cc1)=N[C@@H](C)c1nnc(C)n1-2. The Morgan fingerprint density at radius 3 is 2.42 bits per heavy atom. The number of aryl methyl sites for hydroxylation is 3. The van der Waals surface area contributed by atoms with Crippen LogP contribution in [0, 0.1) is 20.8 Å². The van der Waals surface area contributed by atoms with E-state index in [-0.39, 0.29) is 17.9 Å². The first-order valence-electron chi connectivity index (χ1n) is 21.5. The number of ether oxygens (including phenoxy) is 3. The number of aromatic hydroxyl groups is 1. The summed E-state index contributed by atoms with van der Waals surface area (Å²) >= 11 is 14.8. The Hall–Kier alpha value is -4.97. The molecule has 320 valence electrons. The lowest BCUT2D eigenvalue weighted by Gasteiger charge is -2.19. The first-order valence-corrected chi connectivity index (χ1v) is 23.1. The number of nitrogens with zero attached hydrogens (tertiary/aromatic N) is 5. The molecule has 0 radical (unpaired) electrons. The molecular weight excluding hydrogens is 838 g/mol. The maximum atomic E-state index is 10.3. The zero-order valence-corrected chi connectivity index (χ0v) is 37.9. The summed E-state index contributed by atoms with van der Waals surface area (Å²) in [5, 5.41) is 21.5. The third kappa shape index (κ3) is 8.81. The molecule has 0 amide bonds. The lowest BCUT2D eigenvalue weighted by molar-refractivity contribution is 0.0922. The molecule has 0 bridgehead atoms. The summed E-state index contributed by atoms with van der Waals surface area (Å²) in [6.45, 7) is 13.0. The van der Waals surface area contributed by atoms with Crippen molar-refractivity contribution in [3.63, 3.8) is 0 Å². The van der Waals surface area contributed by atoms with Gasteiger partial charge in [0.25, 0.3) is 0 Å². The molecule has 4 heterocycles. The zero-order valence-electron chi connectivity index (χ0n) is 35.6. The second-order valence-electron chi connectivity index (χ2n) is 16.4. The number of allylic oxidation sites excluding steroid dienone is 1. The van der Waals surface area contributed by atoms with E-state index in [1.807, 2.05) is 49.4 Å². The largest absolute Gasteiger partial charge is 0.508 e. The van der Waals surface area contributed by atoms with Crippen molar-refractivity contribution in [2.45, 2.75) is 71.9 Å². The van der Waals surface area contributed by atoms with Crippen LogP contribution >= 0.6 is 34.5 Å². The van der Waals surface area contributed by atoms with Crippen molar-refractivity contribution in [2.24, 2.45) is 4.99 Å². The fourth-order valence-corrected chi connectivity index (χ4v) is 10.7. The molecule has 0 unspecified atom stereocenters. The summed E-state index contributed by atoms with van der Waals surface area (Å²) in [7, 11) is 0. The molecule has 2 aliphatic heterocycles. The van der Waals surface area contributed by atoms with Crippen molar-refractivity contribution in [3.05, 3.63) is 150 Å². The van der Waals surface area contributed by atoms with Crippen molar-refractivity contribution in [1.29, 1.82) is 0 Å². The van der Waals surface area contributed by atoms with Crippen molar-refractivity contribution < 1.29 is 19.3 Å². The number of fused-ring (bicyclic) bond motifs is 4. The molecule has 62 heavy (non-hydrogen) atoms. The first kappa shape index (κ1) is 42.3. The van der Waals surface area contributed by atoms with Crippen LogP contribution < -0.4 is 9.47 Å². The number of hydrogen-bond acceptors (Lipinski definition) is 9. The summed E-state index contributed by atoms with van der Waals surface area (Å²) in [4.78, 5) is 8.88. The lowest BCUT2D eigenvalue weighted by atomic mass is 9.88. The molecule has 1 aliphatic carbocycles. The standard InChI is InChI=1S/C50H51Cl2N5O4S/c1-30-32(3)62-50-46(30)48(53-31(2)49-55-54-33(4)57(49)50)35-11-15-39(16-12-35)60-26-25-59-24-6-22-56-23-21-41(29-56)61-40-17-9-34(10-18-40)47-42-20-14-38(58)27-36(42)7-5-8-44(47)43-19-13-37(51)28-45(43)52/h9-20,27-28,31,41,58H,5-8,21-26,29H2,1-4H3/t31-,41-/m0/s1. The van der Waals surface area contributed by atoms with Crippen LogP contribution in [0.2, 0.25) is 10.0 Å². The van der Waals surface area contributed by atoms with Crippen molar-refractivity contribution in [2.75, 3.05) is 39.5 Å². The van der Waals surface area contributed by atoms with Crippen LogP contribution in [0.15, 0.2) is 89.9 Å². The Bertz CT molecular complexity index is 2650. The number of likely N-dealkylation sites (tertiary alicyclic amines) is 1. The van der Waals surface area contributed by atoms with Gasteiger partial charge in [-0.05, 0) is 159 Å². The van der Waals surface area contributed by atoms with Crippen molar-refractivity contribution in [1.82, 2.24) is 19.7 Å². The number of aromatic nitrogens is 3. The monoisotopic (exact) mass is 887 g/mol. The van der Waals surface area contributed by atoms with Gasteiger partial charge in [0.2, 0.25) is 0 Å². The van der Waals surface area contributed by atoms with Crippen LogP contribution in [-0.2, 0) is 11.2 Å². The number of rotatable bonds is 13. The summed E-state index contributed by atoms with van der Waals surface area (Å²) in [5.41, 5.74) is 11.1. The summed E-state index contributed by atoms with van der Waals surface area (Å²) < 4.78 is 20.7. The molecule has 1 fully saturated rings. The number of halogens is 2. The van der Waals surface area contributed by atoms with Gasteiger partial charge in [-0.3, -0.25) is 14.5 Å². The summed E-state index contributed by atoms with van der Waals surface area (Å²) in [6, 6.07) is 27.9. The minimum atomic E-state index is -0.118. The maximum Gasteiger partial charge on any atom is 0.162 e. The van der Waals surface area contributed by atoms with E-state index in [0.717, 1.165) is 125 Å². The minimum absolute atomic E-state index is 0.118. The Labute approximate surface area is 377 Å². The number of aliphatic imine (C=N–C) groups is 1. The topological polar surface area (TPSA) is 94.2 Å². The van der Waals surface area contributed by atoms with E-state index in [9.17, 15) is 5.11 Å². The van der Waals surface area contributed by atoms with Crippen LogP contribution in [0.25, 0.3) is 16.1 Å². The average molecular weight is 889 g/mol. The van der Waals surface area contributed by atoms with Gasteiger partial charge >= 0.3 is 0 Å². The smallest absolute Gasteiger partial charge is 0.162 e. The maximum absolute atomic E-state index is 10.3. The summed E-state index contributed by atoms with van der Waals surface area (Å²) in [5.74, 6) is 3.70. The molecule has 3 aliphatic rings. The third-order valence-electron chi connectivity index (χ3n) is 12.2. The van der Waals surface area contributed by atoms with E-state index in [4.69, 9.17) is 42.4 Å². The predicted molar refractivity (Wildman–Crippen MR) is 250 cm³/mol. The molecule has 0 spiro atoms. The number of thiophene rings is 1. The Morgan fingerprint density at radius 2 is 1.61 bits per heavy atom. The van der Waals surface area contributed by atoms with Gasteiger partial charge < -0.3 is 19.3 Å². The predicted octanol–water partition coefficient (Wildman–Crippen LogP) is 11.4. The Morgan fingerprint density at radius 1 is 0.839 bits per heavy atom. The molecular formula is C50H51Cl2N5O4S. The quantitative estimate of drug-likeness (QED) is 0.115. The van der Waals surface area contributed by atoms with Crippen LogP contribution in [0.1, 0.15) is 94.1 Å². The van der Waals surface area contributed by atoms with E-state index >= 15 is 0 Å². The summed E-state index contributed by atoms with van der Waals surface area (Å²) in [6.07, 6.45) is 4.75. The molecule has 0 saturated carbocycles. The van der Waals surface area contributed by atoms with Crippen LogP contribution in [0.5, 0.6) is 17.2 Å². The highest BCUT2D eigenvalue weighted by molar-refractivity contribution is 7.15. The number of hydrogen-bond donors (Lipinski definition) is 1. The van der Waals surface area contributed by atoms with E-state index < -0.39 is 0 Å². The van der Waals surface area contributed by atoms with E-state index in [2.05, 4.69) is 76.8 Å². The van der Waals surface area contributed by atoms with Crippen LogP contribution in [0.4, 0.5) is 0 Å². The molecule has 12 heteroatoms. The van der Waals surface area contributed by atoms with Gasteiger partial charge in [0.05, 0.1) is 12.3 Å².